The molecule has 0 aliphatic rings. The summed E-state index contributed by atoms with van der Waals surface area (Å²) in [6, 6.07) is 10.8. The number of benzene rings is 2. The molecule has 1 aromatic heterocycles. The fraction of sp³-hybridized carbons (Fsp3) is 0. The number of halogens is 2. The zero-order valence-corrected chi connectivity index (χ0v) is 10.9. The van der Waals surface area contributed by atoms with E-state index in [0.717, 1.165) is 9.40 Å². The van der Waals surface area contributed by atoms with Gasteiger partial charge in [-0.15, -0.1) is 11.3 Å². The van der Waals surface area contributed by atoms with Gasteiger partial charge in [0, 0.05) is 10.1 Å². The minimum absolute atomic E-state index is 0.0538. The van der Waals surface area contributed by atoms with E-state index in [-0.39, 0.29) is 5.43 Å². The summed E-state index contributed by atoms with van der Waals surface area (Å²) in [6.07, 6.45) is 0. The van der Waals surface area contributed by atoms with Crippen molar-refractivity contribution in [3.63, 3.8) is 0 Å². The molecule has 17 heavy (non-hydrogen) atoms. The first-order valence-corrected chi connectivity index (χ1v) is 6.55. The maximum absolute atomic E-state index is 12.3. The van der Waals surface area contributed by atoms with Crippen molar-refractivity contribution in [2.24, 2.45) is 0 Å². The van der Waals surface area contributed by atoms with Crippen LogP contribution in [-0.2, 0) is 0 Å². The number of rotatable bonds is 0. The van der Waals surface area contributed by atoms with Gasteiger partial charge in [0.25, 0.3) is 0 Å². The molecule has 0 aliphatic carbocycles. The summed E-state index contributed by atoms with van der Waals surface area (Å²) in [6.45, 7) is 0. The largest absolute Gasteiger partial charge is 0.288 e. The molecule has 1 heterocycles. The summed E-state index contributed by atoms with van der Waals surface area (Å²) in [5.74, 6) is 0. The number of hydrogen-bond donors (Lipinski definition) is 0. The lowest BCUT2D eigenvalue weighted by Crippen LogP contribution is -2.01. The minimum atomic E-state index is -0.0538. The van der Waals surface area contributed by atoms with E-state index in [1.54, 1.807) is 24.3 Å². The molecular formula is C13H6Cl2OS. The molecule has 84 valence electrons. The van der Waals surface area contributed by atoms with Crippen molar-refractivity contribution in [3.05, 3.63) is 56.7 Å². The van der Waals surface area contributed by atoms with Crippen molar-refractivity contribution >= 4 is 54.7 Å². The molecule has 3 aromatic rings. The van der Waals surface area contributed by atoms with Crippen molar-refractivity contribution in [1.82, 2.24) is 0 Å². The second-order valence-corrected chi connectivity index (χ2v) is 5.53. The number of hydrogen-bond acceptors (Lipinski definition) is 2. The zero-order chi connectivity index (χ0) is 12.0. The van der Waals surface area contributed by atoms with Gasteiger partial charge in [-0.05, 0) is 24.3 Å². The fourth-order valence-electron chi connectivity index (χ4n) is 1.85. The second-order valence-electron chi connectivity index (χ2n) is 3.66. The molecule has 0 unspecified atom stereocenters. The van der Waals surface area contributed by atoms with E-state index in [4.69, 9.17) is 23.2 Å². The topological polar surface area (TPSA) is 17.1 Å². The molecule has 0 saturated carbocycles. The molecule has 1 nitrogen and oxygen atoms in total. The Hall–Kier alpha value is -1.09. The third-order valence-corrected chi connectivity index (χ3v) is 4.57. The molecule has 0 fully saturated rings. The molecule has 0 atom stereocenters. The first-order valence-electron chi connectivity index (χ1n) is 4.98. The summed E-state index contributed by atoms with van der Waals surface area (Å²) >= 11 is 13.7. The lowest BCUT2D eigenvalue weighted by molar-refractivity contribution is 1.74. The lowest BCUT2D eigenvalue weighted by atomic mass is 10.2. The van der Waals surface area contributed by atoms with Crippen LogP contribution >= 0.6 is 34.5 Å². The predicted molar refractivity (Wildman–Crippen MR) is 75.6 cm³/mol. The van der Waals surface area contributed by atoms with Crippen LogP contribution in [0.15, 0.2) is 41.2 Å². The van der Waals surface area contributed by atoms with Gasteiger partial charge in [0.15, 0.2) is 5.43 Å². The monoisotopic (exact) mass is 280 g/mol. The summed E-state index contributed by atoms with van der Waals surface area (Å²) in [5, 5.41) is 2.30. The van der Waals surface area contributed by atoms with E-state index in [1.165, 1.54) is 11.3 Å². The summed E-state index contributed by atoms with van der Waals surface area (Å²) in [4.78, 5) is 12.3. The third kappa shape index (κ3) is 1.64. The van der Waals surface area contributed by atoms with Crippen molar-refractivity contribution in [2.75, 3.05) is 0 Å². The van der Waals surface area contributed by atoms with Crippen molar-refractivity contribution in [2.45, 2.75) is 0 Å². The van der Waals surface area contributed by atoms with E-state index in [0.29, 0.717) is 20.8 Å². The van der Waals surface area contributed by atoms with Crippen molar-refractivity contribution in [1.29, 1.82) is 0 Å². The summed E-state index contributed by atoms with van der Waals surface area (Å²) in [5.41, 5.74) is -0.0538. The standard InChI is InChI=1S/C13H6Cl2OS/c14-8-4-2-6-10-11(8)12(16)7-3-1-5-9(15)13(7)17-10/h1-6H. The maximum Gasteiger partial charge on any atom is 0.197 e. The SMILES string of the molecule is O=c1c2cccc(Cl)c2sc2cccc(Cl)c12. The van der Waals surface area contributed by atoms with Crippen LogP contribution in [0.3, 0.4) is 0 Å². The highest BCUT2D eigenvalue weighted by molar-refractivity contribution is 7.25. The van der Waals surface area contributed by atoms with Gasteiger partial charge in [0.1, 0.15) is 0 Å². The highest BCUT2D eigenvalue weighted by Gasteiger charge is 2.10. The highest BCUT2D eigenvalue weighted by atomic mass is 35.5. The molecule has 0 N–H and O–H groups in total. The van der Waals surface area contributed by atoms with Crippen LogP contribution in [0.25, 0.3) is 20.2 Å². The quantitative estimate of drug-likeness (QED) is 0.545. The van der Waals surface area contributed by atoms with Crippen LogP contribution in [0.1, 0.15) is 0 Å². The fourth-order valence-corrected chi connectivity index (χ4v) is 3.56. The summed E-state index contributed by atoms with van der Waals surface area (Å²) < 4.78 is 1.68. The van der Waals surface area contributed by atoms with E-state index >= 15 is 0 Å². The van der Waals surface area contributed by atoms with E-state index in [9.17, 15) is 4.79 Å². The Kier molecular flexibility index (Phi) is 2.58. The Morgan fingerprint density at radius 2 is 1.65 bits per heavy atom. The zero-order valence-electron chi connectivity index (χ0n) is 8.54. The van der Waals surface area contributed by atoms with Gasteiger partial charge >= 0.3 is 0 Å². The Labute approximate surface area is 111 Å². The van der Waals surface area contributed by atoms with E-state index in [1.807, 2.05) is 12.1 Å². The van der Waals surface area contributed by atoms with Gasteiger partial charge in [-0.2, -0.15) is 0 Å². The summed E-state index contributed by atoms with van der Waals surface area (Å²) in [7, 11) is 0. The molecule has 0 aliphatic heterocycles. The Bertz CT molecular complexity index is 792. The average molecular weight is 281 g/mol. The minimum Gasteiger partial charge on any atom is -0.288 e. The molecule has 0 radical (unpaired) electrons. The van der Waals surface area contributed by atoms with Gasteiger partial charge in [0.2, 0.25) is 0 Å². The van der Waals surface area contributed by atoms with E-state index < -0.39 is 0 Å². The normalized spacial score (nSPS) is 11.2. The molecule has 0 saturated heterocycles. The van der Waals surface area contributed by atoms with Crippen LogP contribution in [0.5, 0.6) is 0 Å². The van der Waals surface area contributed by atoms with E-state index in [2.05, 4.69) is 0 Å². The maximum atomic E-state index is 12.3. The number of fused-ring (bicyclic) bond motifs is 2. The molecular weight excluding hydrogens is 275 g/mol. The second kappa shape index (κ2) is 3.98. The molecule has 0 amide bonds. The molecule has 0 bridgehead atoms. The van der Waals surface area contributed by atoms with Crippen LogP contribution in [0.2, 0.25) is 10.0 Å². The van der Waals surface area contributed by atoms with Crippen LogP contribution in [0.4, 0.5) is 0 Å². The van der Waals surface area contributed by atoms with Crippen molar-refractivity contribution in [3.8, 4) is 0 Å². The van der Waals surface area contributed by atoms with Crippen LogP contribution < -0.4 is 5.43 Å². The van der Waals surface area contributed by atoms with Crippen molar-refractivity contribution < 1.29 is 0 Å². The average Bonchev–Trinajstić information content (AvgIpc) is 2.31. The lowest BCUT2D eigenvalue weighted by Gasteiger charge is -2.03. The molecule has 4 heteroatoms. The smallest absolute Gasteiger partial charge is 0.197 e. The predicted octanol–water partition coefficient (Wildman–Crippen LogP) is 4.72. The Morgan fingerprint density at radius 3 is 2.47 bits per heavy atom. The first-order chi connectivity index (χ1) is 8.18. The van der Waals surface area contributed by atoms with Gasteiger partial charge in [-0.1, -0.05) is 35.3 Å². The van der Waals surface area contributed by atoms with Crippen LogP contribution in [-0.4, -0.2) is 0 Å². The van der Waals surface area contributed by atoms with Gasteiger partial charge in [-0.25, -0.2) is 0 Å². The molecule has 0 spiro atoms. The first kappa shape index (κ1) is 11.0. The van der Waals surface area contributed by atoms with Gasteiger partial charge in [-0.3, -0.25) is 4.79 Å². The Morgan fingerprint density at radius 1 is 0.941 bits per heavy atom. The van der Waals surface area contributed by atoms with Crippen LogP contribution in [0, 0.1) is 0 Å². The van der Waals surface area contributed by atoms with Gasteiger partial charge in [0.05, 0.1) is 20.1 Å². The molecule has 3 rings (SSSR count). The molecule has 2 aromatic carbocycles. The third-order valence-electron chi connectivity index (χ3n) is 2.63. The van der Waals surface area contributed by atoms with Gasteiger partial charge < -0.3 is 0 Å². The Balaban J connectivity index is 2.68. The highest BCUT2D eigenvalue weighted by Crippen LogP contribution is 2.32.